The molecule has 0 aliphatic rings. The third kappa shape index (κ3) is 3.45. The van der Waals surface area contributed by atoms with Crippen LogP contribution in [0.4, 0.5) is 4.39 Å². The maximum absolute atomic E-state index is 13.3. The molecular formula is C23H18FN3. The number of pyridine rings is 1. The molecule has 2 aromatic carbocycles. The Morgan fingerprint density at radius 3 is 2.59 bits per heavy atom. The van der Waals surface area contributed by atoms with E-state index in [2.05, 4.69) is 29.9 Å². The average molecular weight is 355 g/mol. The van der Waals surface area contributed by atoms with Gasteiger partial charge in [-0.25, -0.2) is 4.39 Å². The highest BCUT2D eigenvalue weighted by molar-refractivity contribution is 5.90. The topological polar surface area (TPSA) is 30.7 Å². The van der Waals surface area contributed by atoms with E-state index in [4.69, 9.17) is 4.98 Å². The van der Waals surface area contributed by atoms with Crippen LogP contribution >= 0.6 is 0 Å². The minimum atomic E-state index is -0.242. The first-order valence-corrected chi connectivity index (χ1v) is 8.83. The summed E-state index contributed by atoms with van der Waals surface area (Å²) in [5, 5.41) is 5.14. The van der Waals surface area contributed by atoms with Crippen molar-refractivity contribution in [3.05, 3.63) is 83.6 Å². The molecule has 0 amide bonds. The second-order valence-corrected chi connectivity index (χ2v) is 6.37. The standard InChI is InChI=1S/C23H18FN3/c1-3-22-20(18-9-11-19(24)12-10-18)13-21-17(5-4-6-23(21)26-22)8-7-16-14-25-27(2)15-16/h4-6,9-15H,3H2,1-2H3. The van der Waals surface area contributed by atoms with Crippen molar-refractivity contribution in [1.29, 1.82) is 0 Å². The van der Waals surface area contributed by atoms with Crippen molar-refractivity contribution in [3.63, 3.8) is 0 Å². The molecule has 2 aromatic heterocycles. The molecule has 3 nitrogen and oxygen atoms in total. The number of hydrogen-bond donors (Lipinski definition) is 0. The normalized spacial score (nSPS) is 10.6. The monoisotopic (exact) mass is 355 g/mol. The summed E-state index contributed by atoms with van der Waals surface area (Å²) in [6, 6.07) is 14.6. The number of nitrogens with zero attached hydrogens (tertiary/aromatic N) is 3. The largest absolute Gasteiger partial charge is 0.275 e. The fourth-order valence-corrected chi connectivity index (χ4v) is 3.12. The van der Waals surface area contributed by atoms with E-state index in [1.165, 1.54) is 12.1 Å². The number of hydrogen-bond acceptors (Lipinski definition) is 2. The van der Waals surface area contributed by atoms with Crippen molar-refractivity contribution < 1.29 is 4.39 Å². The minimum absolute atomic E-state index is 0.242. The minimum Gasteiger partial charge on any atom is -0.275 e. The van der Waals surface area contributed by atoms with E-state index in [0.717, 1.165) is 45.3 Å². The third-order valence-electron chi connectivity index (χ3n) is 4.47. The van der Waals surface area contributed by atoms with Crippen LogP contribution in [0, 0.1) is 17.7 Å². The molecule has 0 unspecified atom stereocenters. The van der Waals surface area contributed by atoms with Crippen molar-refractivity contribution >= 4 is 10.9 Å². The SMILES string of the molecule is CCc1nc2cccc(C#Cc3cnn(C)c3)c2cc1-c1ccc(F)cc1. The molecule has 0 aliphatic carbocycles. The van der Waals surface area contributed by atoms with Gasteiger partial charge < -0.3 is 0 Å². The Morgan fingerprint density at radius 2 is 1.89 bits per heavy atom. The first-order valence-electron chi connectivity index (χ1n) is 8.83. The van der Waals surface area contributed by atoms with Gasteiger partial charge in [-0.3, -0.25) is 9.67 Å². The number of aromatic nitrogens is 3. The van der Waals surface area contributed by atoms with Gasteiger partial charge >= 0.3 is 0 Å². The third-order valence-corrected chi connectivity index (χ3v) is 4.47. The Balaban J connectivity index is 1.88. The van der Waals surface area contributed by atoms with Gasteiger partial charge in [0, 0.05) is 35.5 Å². The van der Waals surface area contributed by atoms with Crippen molar-refractivity contribution in [1.82, 2.24) is 14.8 Å². The summed E-state index contributed by atoms with van der Waals surface area (Å²) in [5.41, 5.74) is 5.65. The predicted octanol–water partition coefficient (Wildman–Crippen LogP) is 4.74. The zero-order valence-electron chi connectivity index (χ0n) is 15.2. The zero-order valence-corrected chi connectivity index (χ0v) is 15.2. The van der Waals surface area contributed by atoms with Crippen LogP contribution < -0.4 is 0 Å². The summed E-state index contributed by atoms with van der Waals surface area (Å²) in [5.74, 6) is 6.16. The fourth-order valence-electron chi connectivity index (χ4n) is 3.12. The lowest BCUT2D eigenvalue weighted by Crippen LogP contribution is -1.95. The summed E-state index contributed by atoms with van der Waals surface area (Å²) < 4.78 is 15.1. The fraction of sp³-hybridized carbons (Fsp3) is 0.130. The summed E-state index contributed by atoms with van der Waals surface area (Å²) >= 11 is 0. The Bertz CT molecular complexity index is 1180. The Morgan fingerprint density at radius 1 is 1.07 bits per heavy atom. The van der Waals surface area contributed by atoms with E-state index in [1.807, 2.05) is 31.4 Å². The molecule has 27 heavy (non-hydrogen) atoms. The van der Waals surface area contributed by atoms with Crippen molar-refractivity contribution in [3.8, 4) is 23.0 Å². The average Bonchev–Trinajstić information content (AvgIpc) is 3.11. The summed E-state index contributed by atoms with van der Waals surface area (Å²) in [7, 11) is 1.87. The smallest absolute Gasteiger partial charge is 0.123 e. The van der Waals surface area contributed by atoms with Gasteiger partial charge in [0.1, 0.15) is 5.82 Å². The summed E-state index contributed by atoms with van der Waals surface area (Å²) in [6.07, 6.45) is 4.43. The second-order valence-electron chi connectivity index (χ2n) is 6.37. The molecule has 0 atom stereocenters. The quantitative estimate of drug-likeness (QED) is 0.487. The van der Waals surface area contributed by atoms with Crippen molar-refractivity contribution in [2.75, 3.05) is 0 Å². The van der Waals surface area contributed by atoms with Gasteiger partial charge in [0.05, 0.1) is 17.3 Å². The maximum Gasteiger partial charge on any atom is 0.123 e. The van der Waals surface area contributed by atoms with Gasteiger partial charge in [0.15, 0.2) is 0 Å². The number of aryl methyl sites for hydroxylation is 2. The second kappa shape index (κ2) is 7.05. The molecule has 132 valence electrons. The molecule has 0 saturated heterocycles. The molecule has 0 saturated carbocycles. The van der Waals surface area contributed by atoms with Gasteiger partial charge in [-0.2, -0.15) is 5.10 Å². The molecule has 0 aliphatic heterocycles. The molecule has 0 fully saturated rings. The van der Waals surface area contributed by atoms with E-state index in [-0.39, 0.29) is 5.82 Å². The van der Waals surface area contributed by atoms with Gasteiger partial charge in [-0.1, -0.05) is 37.0 Å². The predicted molar refractivity (Wildman–Crippen MR) is 106 cm³/mol. The number of benzene rings is 2. The van der Waals surface area contributed by atoms with Crippen molar-refractivity contribution in [2.45, 2.75) is 13.3 Å². The Hall–Kier alpha value is -3.45. The molecule has 4 heteroatoms. The van der Waals surface area contributed by atoms with Crippen LogP contribution in [0.2, 0.25) is 0 Å². The van der Waals surface area contributed by atoms with Crippen LogP contribution in [-0.4, -0.2) is 14.8 Å². The zero-order chi connectivity index (χ0) is 18.8. The molecule has 0 bridgehead atoms. The van der Waals surface area contributed by atoms with E-state index in [0.29, 0.717) is 0 Å². The van der Waals surface area contributed by atoms with Gasteiger partial charge in [0.2, 0.25) is 0 Å². The highest BCUT2D eigenvalue weighted by atomic mass is 19.1. The van der Waals surface area contributed by atoms with Crippen LogP contribution in [-0.2, 0) is 13.5 Å². The highest BCUT2D eigenvalue weighted by Gasteiger charge is 2.10. The Labute approximate surface area is 157 Å². The number of rotatable bonds is 2. The molecule has 0 spiro atoms. The molecular weight excluding hydrogens is 337 g/mol. The molecule has 4 rings (SSSR count). The van der Waals surface area contributed by atoms with Crippen molar-refractivity contribution in [2.24, 2.45) is 7.05 Å². The van der Waals surface area contributed by atoms with Crippen LogP contribution in [0.5, 0.6) is 0 Å². The lowest BCUT2D eigenvalue weighted by molar-refractivity contribution is 0.628. The first kappa shape index (κ1) is 17.0. The lowest BCUT2D eigenvalue weighted by atomic mass is 9.98. The van der Waals surface area contributed by atoms with Crippen LogP contribution in [0.1, 0.15) is 23.7 Å². The van der Waals surface area contributed by atoms with Crippen LogP contribution in [0.15, 0.2) is 60.9 Å². The highest BCUT2D eigenvalue weighted by Crippen LogP contribution is 2.28. The maximum atomic E-state index is 13.3. The van der Waals surface area contributed by atoms with E-state index in [9.17, 15) is 4.39 Å². The van der Waals surface area contributed by atoms with Gasteiger partial charge in [-0.05, 0) is 42.3 Å². The lowest BCUT2D eigenvalue weighted by Gasteiger charge is -2.11. The Kier molecular flexibility index (Phi) is 4.43. The van der Waals surface area contributed by atoms with E-state index < -0.39 is 0 Å². The molecule has 4 aromatic rings. The first-order chi connectivity index (χ1) is 13.1. The summed E-state index contributed by atoms with van der Waals surface area (Å²) in [4.78, 5) is 4.83. The van der Waals surface area contributed by atoms with Gasteiger partial charge in [0.25, 0.3) is 0 Å². The molecule has 2 heterocycles. The number of halogens is 1. The van der Waals surface area contributed by atoms with Crippen LogP contribution in [0.3, 0.4) is 0 Å². The summed E-state index contributed by atoms with van der Waals surface area (Å²) in [6.45, 7) is 2.08. The number of fused-ring (bicyclic) bond motifs is 1. The van der Waals surface area contributed by atoms with E-state index >= 15 is 0 Å². The molecule has 0 radical (unpaired) electrons. The molecule has 0 N–H and O–H groups in total. The van der Waals surface area contributed by atoms with Gasteiger partial charge in [-0.15, -0.1) is 0 Å². The van der Waals surface area contributed by atoms with E-state index in [1.54, 1.807) is 23.0 Å². The van der Waals surface area contributed by atoms with Crippen LogP contribution in [0.25, 0.3) is 22.0 Å².